The van der Waals surface area contributed by atoms with Gasteiger partial charge >= 0.3 is 5.69 Å². The van der Waals surface area contributed by atoms with Crippen molar-refractivity contribution in [2.75, 3.05) is 30.9 Å². The minimum Gasteiger partial charge on any atom is -0.492 e. The Bertz CT molecular complexity index is 1140. The Morgan fingerprint density at radius 1 is 1.24 bits per heavy atom. The van der Waals surface area contributed by atoms with Gasteiger partial charge in [0.15, 0.2) is 11.6 Å². The SMILES string of the molecule is COc1c(N2CC(F)C(C3(N)CC3)C2)c(F)cn2c(=O)n(N)c(=O)c(C3CC3)c12. The summed E-state index contributed by atoms with van der Waals surface area (Å²) < 4.78 is 36.9. The first-order chi connectivity index (χ1) is 13.8. The largest absolute Gasteiger partial charge is 0.492 e. The molecule has 1 aliphatic heterocycles. The Balaban J connectivity index is 1.74. The third-order valence-corrected chi connectivity index (χ3v) is 6.58. The fourth-order valence-corrected chi connectivity index (χ4v) is 4.64. The second-order valence-electron chi connectivity index (χ2n) is 8.48. The molecular weight excluding hydrogens is 384 g/mol. The molecule has 0 radical (unpaired) electrons. The van der Waals surface area contributed by atoms with E-state index >= 15 is 4.39 Å². The van der Waals surface area contributed by atoms with Crippen LogP contribution in [0.15, 0.2) is 15.8 Å². The Hall–Kier alpha value is -2.62. The normalized spacial score (nSPS) is 25.6. The standard InChI is InChI=1S/C19H23F2N5O3/c1-29-16-14(24-6-10(11(20)7-24)19(22)4-5-19)12(21)8-25-15(16)13(9-2-3-9)17(27)26(23)18(25)28/h8-11H,2-7,22-23H2,1H3. The zero-order valence-corrected chi connectivity index (χ0v) is 16.0. The van der Waals surface area contributed by atoms with E-state index in [1.165, 1.54) is 7.11 Å². The highest BCUT2D eigenvalue weighted by molar-refractivity contribution is 5.78. The van der Waals surface area contributed by atoms with Gasteiger partial charge < -0.3 is 21.2 Å². The van der Waals surface area contributed by atoms with E-state index in [0.717, 1.165) is 36.3 Å². The maximum Gasteiger partial charge on any atom is 0.354 e. The third kappa shape index (κ3) is 2.58. The molecule has 29 heavy (non-hydrogen) atoms. The summed E-state index contributed by atoms with van der Waals surface area (Å²) >= 11 is 0. The van der Waals surface area contributed by atoms with Gasteiger partial charge in [0.1, 0.15) is 17.4 Å². The molecule has 2 saturated carbocycles. The number of alkyl halides is 1. The summed E-state index contributed by atoms with van der Waals surface area (Å²) in [6, 6.07) is 0. The first-order valence-corrected chi connectivity index (χ1v) is 9.77. The van der Waals surface area contributed by atoms with Gasteiger partial charge in [-0.3, -0.25) is 9.20 Å². The molecule has 3 aliphatic rings. The molecule has 2 aromatic heterocycles. The number of aromatic nitrogens is 2. The van der Waals surface area contributed by atoms with Crippen LogP contribution in [0.3, 0.4) is 0 Å². The van der Waals surface area contributed by atoms with E-state index in [-0.39, 0.29) is 36.0 Å². The van der Waals surface area contributed by atoms with E-state index in [4.69, 9.17) is 16.3 Å². The van der Waals surface area contributed by atoms with Crippen LogP contribution >= 0.6 is 0 Å². The second-order valence-corrected chi connectivity index (χ2v) is 8.48. The highest BCUT2D eigenvalue weighted by Gasteiger charge is 2.53. The lowest BCUT2D eigenvalue weighted by molar-refractivity contribution is 0.243. The van der Waals surface area contributed by atoms with Crippen LogP contribution < -0.4 is 32.5 Å². The molecule has 2 atom stereocenters. The number of hydrogen-bond acceptors (Lipinski definition) is 6. The van der Waals surface area contributed by atoms with E-state index in [2.05, 4.69) is 0 Å². The molecule has 2 aromatic rings. The van der Waals surface area contributed by atoms with Gasteiger partial charge in [-0.1, -0.05) is 0 Å². The van der Waals surface area contributed by atoms with Crippen molar-refractivity contribution in [3.8, 4) is 5.75 Å². The van der Waals surface area contributed by atoms with Gasteiger partial charge in [-0.15, -0.1) is 0 Å². The van der Waals surface area contributed by atoms with Crippen molar-refractivity contribution in [3.05, 3.63) is 38.4 Å². The van der Waals surface area contributed by atoms with Crippen molar-refractivity contribution in [1.29, 1.82) is 0 Å². The predicted octanol–water partition coefficient (Wildman–Crippen LogP) is 0.466. The van der Waals surface area contributed by atoms with E-state index in [9.17, 15) is 14.0 Å². The lowest BCUT2D eigenvalue weighted by Crippen LogP contribution is -2.44. The average molecular weight is 407 g/mol. The Labute approximate surface area is 164 Å². The number of halogens is 2. The van der Waals surface area contributed by atoms with Crippen LogP contribution in [0.2, 0.25) is 0 Å². The highest BCUT2D eigenvalue weighted by atomic mass is 19.1. The molecule has 3 fully saturated rings. The van der Waals surface area contributed by atoms with Crippen molar-refractivity contribution < 1.29 is 13.5 Å². The topological polar surface area (TPSA) is 108 Å². The highest BCUT2D eigenvalue weighted by Crippen LogP contribution is 2.48. The molecule has 8 nitrogen and oxygen atoms in total. The third-order valence-electron chi connectivity index (χ3n) is 6.58. The minimum absolute atomic E-state index is 0.0238. The van der Waals surface area contributed by atoms with Crippen LogP contribution in [-0.2, 0) is 0 Å². The molecule has 0 aromatic carbocycles. The van der Waals surface area contributed by atoms with Gasteiger partial charge in [0.05, 0.1) is 18.9 Å². The molecular formula is C19H23F2N5O3. The number of anilines is 1. The number of nitrogens with two attached hydrogens (primary N) is 2. The summed E-state index contributed by atoms with van der Waals surface area (Å²) in [4.78, 5) is 26.8. The summed E-state index contributed by atoms with van der Waals surface area (Å²) in [5.41, 5.74) is 4.78. The van der Waals surface area contributed by atoms with Gasteiger partial charge in [0.2, 0.25) is 0 Å². The Morgan fingerprint density at radius 2 is 1.93 bits per heavy atom. The van der Waals surface area contributed by atoms with E-state index < -0.39 is 34.7 Å². The maximum absolute atomic E-state index is 15.2. The van der Waals surface area contributed by atoms with E-state index in [1.807, 2.05) is 0 Å². The van der Waals surface area contributed by atoms with Crippen molar-refractivity contribution in [3.63, 3.8) is 0 Å². The number of pyridine rings is 1. The molecule has 4 N–H and O–H groups in total. The lowest BCUT2D eigenvalue weighted by Gasteiger charge is -2.25. The smallest absolute Gasteiger partial charge is 0.354 e. The van der Waals surface area contributed by atoms with Crippen molar-refractivity contribution in [1.82, 2.24) is 9.08 Å². The summed E-state index contributed by atoms with van der Waals surface area (Å²) in [5.74, 6) is 4.48. The number of nitrogen functional groups attached to an aromatic ring is 1. The zero-order valence-electron chi connectivity index (χ0n) is 16.0. The number of hydrogen-bond donors (Lipinski definition) is 2. The Kier molecular flexibility index (Phi) is 3.77. The molecule has 2 unspecified atom stereocenters. The maximum atomic E-state index is 15.2. The van der Waals surface area contributed by atoms with Gasteiger partial charge in [-0.25, -0.2) is 13.6 Å². The molecule has 3 heterocycles. The fraction of sp³-hybridized carbons (Fsp3) is 0.579. The average Bonchev–Trinajstić information content (AvgIpc) is 3.61. The quantitative estimate of drug-likeness (QED) is 0.714. The first kappa shape index (κ1) is 18.4. The minimum atomic E-state index is -1.19. The van der Waals surface area contributed by atoms with Crippen molar-refractivity contribution >= 4 is 11.2 Å². The molecule has 156 valence electrons. The molecule has 2 aliphatic carbocycles. The van der Waals surface area contributed by atoms with Gasteiger partial charge in [-0.05, 0) is 31.6 Å². The first-order valence-electron chi connectivity index (χ1n) is 9.77. The summed E-state index contributed by atoms with van der Waals surface area (Å²) in [6.45, 7) is 0.224. The molecule has 5 rings (SSSR count). The number of nitrogens with zero attached hydrogens (tertiary/aromatic N) is 3. The van der Waals surface area contributed by atoms with Crippen LogP contribution in [0, 0.1) is 11.7 Å². The van der Waals surface area contributed by atoms with Gasteiger partial charge in [-0.2, -0.15) is 4.68 Å². The molecule has 0 bridgehead atoms. The van der Waals surface area contributed by atoms with Gasteiger partial charge in [0, 0.05) is 24.5 Å². The summed E-state index contributed by atoms with van der Waals surface area (Å²) in [6.07, 6.45) is 2.85. The number of rotatable bonds is 4. The van der Waals surface area contributed by atoms with Crippen LogP contribution in [0.5, 0.6) is 5.75 Å². The lowest BCUT2D eigenvalue weighted by atomic mass is 9.96. The van der Waals surface area contributed by atoms with E-state index in [1.54, 1.807) is 4.90 Å². The molecule has 0 amide bonds. The Morgan fingerprint density at radius 3 is 2.52 bits per heavy atom. The van der Waals surface area contributed by atoms with Crippen LogP contribution in [0.4, 0.5) is 14.5 Å². The van der Waals surface area contributed by atoms with E-state index in [0.29, 0.717) is 10.2 Å². The van der Waals surface area contributed by atoms with Crippen molar-refractivity contribution in [2.24, 2.45) is 11.7 Å². The van der Waals surface area contributed by atoms with Gasteiger partial charge in [0.25, 0.3) is 5.56 Å². The number of methoxy groups -OCH3 is 1. The van der Waals surface area contributed by atoms with Crippen LogP contribution in [0.1, 0.15) is 37.2 Å². The summed E-state index contributed by atoms with van der Waals surface area (Å²) in [5, 5.41) is 0. The van der Waals surface area contributed by atoms with Crippen LogP contribution in [0.25, 0.3) is 5.52 Å². The fourth-order valence-electron chi connectivity index (χ4n) is 4.64. The van der Waals surface area contributed by atoms with Crippen LogP contribution in [-0.4, -0.2) is 41.0 Å². The number of ether oxygens (including phenoxy) is 1. The zero-order chi connectivity index (χ0) is 20.7. The second kappa shape index (κ2) is 5.94. The molecule has 1 saturated heterocycles. The summed E-state index contributed by atoms with van der Waals surface area (Å²) in [7, 11) is 1.35. The number of fused-ring (bicyclic) bond motifs is 1. The van der Waals surface area contributed by atoms with Crippen molar-refractivity contribution in [2.45, 2.75) is 43.3 Å². The monoisotopic (exact) mass is 407 g/mol. The predicted molar refractivity (Wildman–Crippen MR) is 103 cm³/mol. The molecule has 10 heteroatoms. The molecule has 0 spiro atoms.